The quantitative estimate of drug-likeness (QED) is 0.846. The highest BCUT2D eigenvalue weighted by Gasteiger charge is 2.24. The monoisotopic (exact) mass is 292 g/mol. The molecule has 1 aliphatic heterocycles. The van der Waals surface area contributed by atoms with Crippen LogP contribution in [0.4, 0.5) is 0 Å². The topological polar surface area (TPSA) is 91.4 Å². The number of hydrogen-bond donors (Lipinski definition) is 1. The van der Waals surface area contributed by atoms with E-state index in [0.717, 1.165) is 17.0 Å². The second kappa shape index (κ2) is 6.06. The summed E-state index contributed by atoms with van der Waals surface area (Å²) in [5, 5.41) is 11.1. The number of carbonyl (C=O) groups excluding carboxylic acids is 1. The highest BCUT2D eigenvalue weighted by atomic mass is 16.5. The smallest absolute Gasteiger partial charge is 0.246 e. The van der Waals surface area contributed by atoms with Gasteiger partial charge in [0.05, 0.1) is 37.5 Å². The fourth-order valence-corrected chi connectivity index (χ4v) is 2.22. The first-order valence-electron chi connectivity index (χ1n) is 6.60. The summed E-state index contributed by atoms with van der Waals surface area (Å²) in [5.41, 5.74) is 2.56. The number of amides is 1. The molecular weight excluding hydrogens is 276 g/mol. The molecule has 1 atom stereocenters. The Balaban J connectivity index is 1.63. The zero-order valence-electron chi connectivity index (χ0n) is 11.6. The van der Waals surface area contributed by atoms with Gasteiger partial charge in [-0.3, -0.25) is 4.79 Å². The van der Waals surface area contributed by atoms with Gasteiger partial charge < -0.3 is 19.2 Å². The van der Waals surface area contributed by atoms with Crippen LogP contribution in [0.3, 0.4) is 0 Å². The second-order valence-electron chi connectivity index (χ2n) is 4.75. The summed E-state index contributed by atoms with van der Waals surface area (Å²) in [6.07, 6.45) is 3.10. The van der Waals surface area contributed by atoms with Crippen LogP contribution in [0.25, 0.3) is 11.3 Å². The van der Waals surface area contributed by atoms with E-state index >= 15 is 0 Å². The molecule has 0 fully saturated rings. The van der Waals surface area contributed by atoms with Gasteiger partial charge in [0, 0.05) is 19.2 Å². The molecule has 2 aromatic rings. The lowest BCUT2D eigenvalue weighted by atomic mass is 10.2. The number of fused-ring (bicyclic) bond motifs is 1. The number of nitrogens with zero attached hydrogens (tertiary/aromatic N) is 3. The molecule has 0 saturated heterocycles. The normalized spacial score (nSPS) is 17.5. The molecule has 2 aromatic heterocycles. The number of carbonyl (C=O) groups is 1. The Morgan fingerprint density at radius 1 is 1.62 bits per heavy atom. The summed E-state index contributed by atoms with van der Waals surface area (Å²) in [7, 11) is 1.48. The summed E-state index contributed by atoms with van der Waals surface area (Å²) in [6, 6.07) is 1.84. The van der Waals surface area contributed by atoms with E-state index < -0.39 is 0 Å². The van der Waals surface area contributed by atoms with Gasteiger partial charge in [-0.15, -0.1) is 5.10 Å². The molecule has 21 heavy (non-hydrogen) atoms. The molecule has 8 heteroatoms. The van der Waals surface area contributed by atoms with Crippen molar-refractivity contribution < 1.29 is 18.7 Å². The molecule has 1 unspecified atom stereocenters. The Bertz CT molecular complexity index is 608. The maximum absolute atomic E-state index is 11.4. The molecule has 112 valence electrons. The Morgan fingerprint density at radius 2 is 2.52 bits per heavy atom. The summed E-state index contributed by atoms with van der Waals surface area (Å²) in [6.45, 7) is 1.42. The van der Waals surface area contributed by atoms with Gasteiger partial charge in [0.2, 0.25) is 5.91 Å². The van der Waals surface area contributed by atoms with Crippen LogP contribution < -0.4 is 5.32 Å². The SMILES string of the molecule is COCC(=O)NCC1Cn2nnc(-c3ccoc3)c2CO1. The van der Waals surface area contributed by atoms with Crippen LogP contribution in [-0.4, -0.2) is 47.3 Å². The van der Waals surface area contributed by atoms with Crippen LogP contribution in [-0.2, 0) is 27.4 Å². The van der Waals surface area contributed by atoms with E-state index in [0.29, 0.717) is 19.7 Å². The number of furan rings is 1. The number of hydrogen-bond acceptors (Lipinski definition) is 6. The van der Waals surface area contributed by atoms with Crippen molar-refractivity contribution in [1.82, 2.24) is 20.3 Å². The number of ether oxygens (including phenoxy) is 2. The van der Waals surface area contributed by atoms with Crippen molar-refractivity contribution in [2.24, 2.45) is 0 Å². The van der Waals surface area contributed by atoms with Crippen LogP contribution in [0.15, 0.2) is 23.0 Å². The molecule has 3 heterocycles. The third-order valence-corrected chi connectivity index (χ3v) is 3.27. The third-order valence-electron chi connectivity index (χ3n) is 3.27. The van der Waals surface area contributed by atoms with E-state index in [2.05, 4.69) is 15.6 Å². The van der Waals surface area contributed by atoms with Gasteiger partial charge in [-0.1, -0.05) is 5.21 Å². The molecule has 1 aliphatic rings. The number of methoxy groups -OCH3 is 1. The van der Waals surface area contributed by atoms with Crippen molar-refractivity contribution in [3.05, 3.63) is 24.3 Å². The van der Waals surface area contributed by atoms with Crippen molar-refractivity contribution in [3.8, 4) is 11.3 Å². The van der Waals surface area contributed by atoms with Gasteiger partial charge in [0.1, 0.15) is 12.3 Å². The van der Waals surface area contributed by atoms with Crippen molar-refractivity contribution in [1.29, 1.82) is 0 Å². The van der Waals surface area contributed by atoms with E-state index in [1.54, 1.807) is 17.2 Å². The zero-order chi connectivity index (χ0) is 14.7. The fraction of sp³-hybridized carbons (Fsp3) is 0.462. The average Bonchev–Trinajstić information content (AvgIpc) is 3.13. The van der Waals surface area contributed by atoms with Crippen molar-refractivity contribution >= 4 is 5.91 Å². The fourth-order valence-electron chi connectivity index (χ4n) is 2.22. The van der Waals surface area contributed by atoms with Gasteiger partial charge in [-0.2, -0.15) is 0 Å². The average molecular weight is 292 g/mol. The van der Waals surface area contributed by atoms with Crippen LogP contribution in [0, 0.1) is 0 Å². The molecule has 8 nitrogen and oxygen atoms in total. The van der Waals surface area contributed by atoms with Crippen molar-refractivity contribution in [2.75, 3.05) is 20.3 Å². The predicted octanol–water partition coefficient (Wildman–Crippen LogP) is 0.200. The minimum Gasteiger partial charge on any atom is -0.472 e. The lowest BCUT2D eigenvalue weighted by Crippen LogP contribution is -2.40. The summed E-state index contributed by atoms with van der Waals surface area (Å²) >= 11 is 0. The molecule has 0 saturated carbocycles. The molecule has 0 aromatic carbocycles. The molecule has 3 rings (SSSR count). The molecule has 1 N–H and O–H groups in total. The molecule has 0 bridgehead atoms. The maximum Gasteiger partial charge on any atom is 0.246 e. The van der Waals surface area contributed by atoms with E-state index in [1.165, 1.54) is 7.11 Å². The van der Waals surface area contributed by atoms with Gasteiger partial charge in [-0.25, -0.2) is 4.68 Å². The van der Waals surface area contributed by atoms with E-state index in [1.807, 2.05) is 6.07 Å². The Labute approximate surface area is 121 Å². The van der Waals surface area contributed by atoms with Crippen LogP contribution >= 0.6 is 0 Å². The second-order valence-corrected chi connectivity index (χ2v) is 4.75. The third kappa shape index (κ3) is 2.96. The number of nitrogens with one attached hydrogen (secondary N) is 1. The summed E-state index contributed by atoms with van der Waals surface area (Å²) in [4.78, 5) is 11.4. The Kier molecular flexibility index (Phi) is 3.98. The van der Waals surface area contributed by atoms with Gasteiger partial charge in [0.15, 0.2) is 0 Å². The van der Waals surface area contributed by atoms with Gasteiger partial charge >= 0.3 is 0 Å². The Morgan fingerprint density at radius 3 is 3.29 bits per heavy atom. The standard InChI is InChI=1S/C13H16N4O4/c1-19-8-12(18)14-4-10-5-17-11(7-21-10)13(15-16-17)9-2-3-20-6-9/h2-3,6,10H,4-5,7-8H2,1H3,(H,14,18). The summed E-state index contributed by atoms with van der Waals surface area (Å²) < 4.78 is 17.4. The largest absolute Gasteiger partial charge is 0.472 e. The van der Waals surface area contributed by atoms with Crippen LogP contribution in [0.1, 0.15) is 5.69 Å². The van der Waals surface area contributed by atoms with Crippen molar-refractivity contribution in [3.63, 3.8) is 0 Å². The highest BCUT2D eigenvalue weighted by molar-refractivity contribution is 5.77. The number of rotatable bonds is 5. The van der Waals surface area contributed by atoms with E-state index in [9.17, 15) is 4.79 Å². The maximum atomic E-state index is 11.4. The zero-order valence-corrected chi connectivity index (χ0v) is 11.6. The van der Waals surface area contributed by atoms with Crippen LogP contribution in [0.2, 0.25) is 0 Å². The molecule has 0 spiro atoms. The summed E-state index contributed by atoms with van der Waals surface area (Å²) in [5.74, 6) is -0.162. The van der Waals surface area contributed by atoms with E-state index in [-0.39, 0.29) is 18.6 Å². The van der Waals surface area contributed by atoms with Gasteiger partial charge in [0.25, 0.3) is 0 Å². The lowest BCUT2D eigenvalue weighted by Gasteiger charge is -2.24. The predicted molar refractivity (Wildman–Crippen MR) is 71.2 cm³/mol. The van der Waals surface area contributed by atoms with Crippen LogP contribution in [0.5, 0.6) is 0 Å². The molecule has 0 radical (unpaired) electrons. The first-order chi connectivity index (χ1) is 10.3. The van der Waals surface area contributed by atoms with Crippen molar-refractivity contribution in [2.45, 2.75) is 19.3 Å². The highest BCUT2D eigenvalue weighted by Crippen LogP contribution is 2.25. The first-order valence-corrected chi connectivity index (χ1v) is 6.60. The first kappa shape index (κ1) is 13.8. The molecular formula is C13H16N4O4. The van der Waals surface area contributed by atoms with E-state index in [4.69, 9.17) is 13.9 Å². The minimum atomic E-state index is -0.162. The van der Waals surface area contributed by atoms with Gasteiger partial charge in [-0.05, 0) is 6.07 Å². The number of aromatic nitrogens is 3. The minimum absolute atomic E-state index is 0.0476. The molecule has 0 aliphatic carbocycles. The Hall–Kier alpha value is -2.19. The lowest BCUT2D eigenvalue weighted by molar-refractivity contribution is -0.125. The molecule has 1 amide bonds.